The van der Waals surface area contributed by atoms with E-state index in [0.29, 0.717) is 0 Å². The Labute approximate surface area is 131 Å². The van der Waals surface area contributed by atoms with E-state index in [1.54, 1.807) is 12.1 Å². The van der Waals surface area contributed by atoms with Gasteiger partial charge in [0.15, 0.2) is 0 Å². The van der Waals surface area contributed by atoms with Crippen LogP contribution >= 0.6 is 0 Å². The molecule has 6 heteroatoms. The maximum absolute atomic E-state index is 10.8. The van der Waals surface area contributed by atoms with Crippen molar-refractivity contribution in [2.24, 2.45) is 0 Å². The Balaban J connectivity index is 1.94. The molecule has 1 aliphatic heterocycles. The van der Waals surface area contributed by atoms with E-state index < -0.39 is 0 Å². The number of rotatable bonds is 5. The Morgan fingerprint density at radius 1 is 1.36 bits per heavy atom. The third-order valence-corrected chi connectivity index (χ3v) is 4.05. The van der Waals surface area contributed by atoms with Crippen LogP contribution in [0.1, 0.15) is 19.4 Å². The van der Waals surface area contributed by atoms with Crippen LogP contribution in [-0.4, -0.2) is 55.3 Å². The van der Waals surface area contributed by atoms with Crippen molar-refractivity contribution < 1.29 is 9.66 Å². The second-order valence-corrected chi connectivity index (χ2v) is 6.17. The van der Waals surface area contributed by atoms with Crippen LogP contribution in [-0.2, 0) is 4.74 Å². The summed E-state index contributed by atoms with van der Waals surface area (Å²) >= 11 is 0. The van der Waals surface area contributed by atoms with Crippen molar-refractivity contribution in [3.8, 4) is 0 Å². The molecular weight excluding hydrogens is 282 g/mol. The second kappa shape index (κ2) is 7.07. The molecule has 1 aromatic rings. The summed E-state index contributed by atoms with van der Waals surface area (Å²) in [5.41, 5.74) is 2.12. The Morgan fingerprint density at radius 3 is 2.55 bits per heavy atom. The number of benzene rings is 1. The van der Waals surface area contributed by atoms with Gasteiger partial charge in [-0.1, -0.05) is 0 Å². The zero-order valence-electron chi connectivity index (χ0n) is 13.8. The maximum Gasteiger partial charge on any atom is 0.269 e. The summed E-state index contributed by atoms with van der Waals surface area (Å²) in [6, 6.07) is 5.03. The fourth-order valence-corrected chi connectivity index (χ4v) is 3.06. The maximum atomic E-state index is 10.8. The summed E-state index contributed by atoms with van der Waals surface area (Å²) in [6.45, 7) is 9.88. The minimum absolute atomic E-state index is 0.144. The van der Waals surface area contributed by atoms with Gasteiger partial charge in [0.2, 0.25) is 0 Å². The molecule has 1 saturated heterocycles. The van der Waals surface area contributed by atoms with E-state index in [0.717, 1.165) is 37.4 Å². The number of anilines is 1. The smallest absolute Gasteiger partial charge is 0.269 e. The highest BCUT2D eigenvalue weighted by Gasteiger charge is 2.22. The standard InChI is InChI=1S/C16H25N3O3/c1-12-9-15(19(20)21)5-6-16(12)17(4)7-8-18-10-13(2)22-14(3)11-18/h5-6,9,13-14H,7-8,10-11H2,1-4H3/t13-,14+. The lowest BCUT2D eigenvalue weighted by Gasteiger charge is -2.36. The van der Waals surface area contributed by atoms with Crippen molar-refractivity contribution in [3.05, 3.63) is 33.9 Å². The first-order chi connectivity index (χ1) is 10.4. The molecule has 6 nitrogen and oxygen atoms in total. The van der Waals surface area contributed by atoms with Gasteiger partial charge in [-0.15, -0.1) is 0 Å². The molecule has 0 radical (unpaired) electrons. The molecule has 1 aromatic carbocycles. The lowest BCUT2D eigenvalue weighted by molar-refractivity contribution is -0.384. The number of nitrogens with zero attached hydrogens (tertiary/aromatic N) is 3. The van der Waals surface area contributed by atoms with Crippen molar-refractivity contribution in [2.75, 3.05) is 38.1 Å². The number of aryl methyl sites for hydroxylation is 1. The summed E-state index contributed by atoms with van der Waals surface area (Å²) in [7, 11) is 2.03. The van der Waals surface area contributed by atoms with E-state index >= 15 is 0 Å². The minimum Gasteiger partial charge on any atom is -0.373 e. The van der Waals surface area contributed by atoms with Crippen LogP contribution in [0.2, 0.25) is 0 Å². The van der Waals surface area contributed by atoms with Crippen LogP contribution in [0.4, 0.5) is 11.4 Å². The van der Waals surface area contributed by atoms with E-state index in [4.69, 9.17) is 4.74 Å². The average molecular weight is 307 g/mol. The molecule has 0 saturated carbocycles. The number of likely N-dealkylation sites (N-methyl/N-ethyl adjacent to an activating group) is 1. The highest BCUT2D eigenvalue weighted by molar-refractivity contribution is 5.56. The molecule has 0 bridgehead atoms. The van der Waals surface area contributed by atoms with Gasteiger partial charge in [0, 0.05) is 51.0 Å². The van der Waals surface area contributed by atoms with Crippen LogP contribution in [0.5, 0.6) is 0 Å². The molecule has 122 valence electrons. The SMILES string of the molecule is Cc1cc([N+](=O)[O-])ccc1N(C)CCN1C[C@@H](C)O[C@@H](C)C1. The Kier molecular flexibility index (Phi) is 5.37. The quantitative estimate of drug-likeness (QED) is 0.618. The van der Waals surface area contributed by atoms with E-state index in [2.05, 4.69) is 23.6 Å². The van der Waals surface area contributed by atoms with Crippen LogP contribution in [0.15, 0.2) is 18.2 Å². The van der Waals surface area contributed by atoms with Gasteiger partial charge in [0.1, 0.15) is 0 Å². The van der Waals surface area contributed by atoms with Crippen molar-refractivity contribution in [1.29, 1.82) is 0 Å². The number of hydrogen-bond acceptors (Lipinski definition) is 5. The Hall–Kier alpha value is -1.66. The molecule has 22 heavy (non-hydrogen) atoms. The molecule has 2 rings (SSSR count). The van der Waals surface area contributed by atoms with Crippen molar-refractivity contribution >= 4 is 11.4 Å². The first kappa shape index (κ1) is 16.7. The van der Waals surface area contributed by atoms with Crippen LogP contribution in [0.25, 0.3) is 0 Å². The van der Waals surface area contributed by atoms with Crippen molar-refractivity contribution in [2.45, 2.75) is 33.0 Å². The number of morpholine rings is 1. The van der Waals surface area contributed by atoms with Crippen LogP contribution < -0.4 is 4.90 Å². The summed E-state index contributed by atoms with van der Waals surface area (Å²) in [4.78, 5) is 15.0. The average Bonchev–Trinajstić information content (AvgIpc) is 2.43. The fourth-order valence-electron chi connectivity index (χ4n) is 3.06. The first-order valence-corrected chi connectivity index (χ1v) is 7.71. The van der Waals surface area contributed by atoms with Crippen molar-refractivity contribution in [3.63, 3.8) is 0 Å². The molecule has 0 spiro atoms. The Bertz CT molecular complexity index is 525. The number of nitro groups is 1. The zero-order valence-corrected chi connectivity index (χ0v) is 13.8. The third-order valence-electron chi connectivity index (χ3n) is 4.05. The van der Waals surface area contributed by atoms with Crippen LogP contribution in [0.3, 0.4) is 0 Å². The number of hydrogen-bond donors (Lipinski definition) is 0. The van der Waals surface area contributed by atoms with Crippen LogP contribution in [0, 0.1) is 17.0 Å². The predicted molar refractivity (Wildman–Crippen MR) is 87.6 cm³/mol. The molecular formula is C16H25N3O3. The van der Waals surface area contributed by atoms with Gasteiger partial charge in [-0.05, 0) is 32.4 Å². The normalized spacial score (nSPS) is 22.5. The van der Waals surface area contributed by atoms with Gasteiger partial charge in [0.25, 0.3) is 5.69 Å². The molecule has 1 fully saturated rings. The van der Waals surface area contributed by atoms with Gasteiger partial charge < -0.3 is 9.64 Å². The van der Waals surface area contributed by atoms with E-state index in [1.165, 1.54) is 0 Å². The van der Waals surface area contributed by atoms with Gasteiger partial charge in [0.05, 0.1) is 17.1 Å². The molecule has 0 amide bonds. The van der Waals surface area contributed by atoms with Gasteiger partial charge in [-0.25, -0.2) is 0 Å². The van der Waals surface area contributed by atoms with E-state index in [9.17, 15) is 10.1 Å². The zero-order chi connectivity index (χ0) is 16.3. The molecule has 1 aliphatic rings. The summed E-state index contributed by atoms with van der Waals surface area (Å²) in [5.74, 6) is 0. The summed E-state index contributed by atoms with van der Waals surface area (Å²) in [6.07, 6.45) is 0.547. The molecule has 0 N–H and O–H groups in total. The number of ether oxygens (including phenoxy) is 1. The van der Waals surface area contributed by atoms with Crippen molar-refractivity contribution in [1.82, 2.24) is 4.90 Å². The highest BCUT2D eigenvalue weighted by Crippen LogP contribution is 2.24. The largest absolute Gasteiger partial charge is 0.373 e. The second-order valence-electron chi connectivity index (χ2n) is 6.17. The van der Waals surface area contributed by atoms with Gasteiger partial charge in [-0.3, -0.25) is 15.0 Å². The summed E-state index contributed by atoms with van der Waals surface area (Å²) in [5, 5.41) is 10.8. The molecule has 2 atom stereocenters. The fraction of sp³-hybridized carbons (Fsp3) is 0.625. The topological polar surface area (TPSA) is 58.9 Å². The lowest BCUT2D eigenvalue weighted by Crippen LogP contribution is -2.47. The van der Waals surface area contributed by atoms with Gasteiger partial charge >= 0.3 is 0 Å². The van der Waals surface area contributed by atoms with E-state index in [1.807, 2.05) is 20.0 Å². The lowest BCUT2D eigenvalue weighted by atomic mass is 10.1. The highest BCUT2D eigenvalue weighted by atomic mass is 16.6. The molecule has 1 heterocycles. The minimum atomic E-state index is -0.354. The monoisotopic (exact) mass is 307 g/mol. The molecule has 0 aromatic heterocycles. The predicted octanol–water partition coefficient (Wildman–Crippen LogP) is 2.45. The summed E-state index contributed by atoms with van der Waals surface area (Å²) < 4.78 is 5.74. The number of non-ortho nitro benzene ring substituents is 1. The molecule has 0 aliphatic carbocycles. The molecule has 0 unspecified atom stereocenters. The first-order valence-electron chi connectivity index (χ1n) is 7.71. The third kappa shape index (κ3) is 4.18. The number of nitro benzene ring substituents is 1. The van der Waals surface area contributed by atoms with Gasteiger partial charge in [-0.2, -0.15) is 0 Å². The Morgan fingerprint density at radius 2 is 2.00 bits per heavy atom. The van der Waals surface area contributed by atoms with E-state index in [-0.39, 0.29) is 22.8 Å².